The lowest BCUT2D eigenvalue weighted by atomic mass is 10.0. The van der Waals surface area contributed by atoms with E-state index in [2.05, 4.69) is 9.38 Å². The maximum absolute atomic E-state index is 13.1. The second kappa shape index (κ2) is 7.85. The number of sulfonamides is 1. The van der Waals surface area contributed by atoms with E-state index in [4.69, 9.17) is 10.2 Å². The van der Waals surface area contributed by atoms with Crippen LogP contribution in [0.2, 0.25) is 0 Å². The first-order chi connectivity index (χ1) is 16.6. The van der Waals surface area contributed by atoms with E-state index in [1.54, 1.807) is 42.5 Å². The van der Waals surface area contributed by atoms with Crippen molar-refractivity contribution in [2.24, 2.45) is 4.40 Å². The van der Waals surface area contributed by atoms with Crippen LogP contribution in [0.25, 0.3) is 33.3 Å². The summed E-state index contributed by atoms with van der Waals surface area (Å²) < 4.78 is 36.0. The molecule has 0 bridgehead atoms. The third kappa shape index (κ3) is 3.79. The Balaban J connectivity index is 1.82. The Kier molecular flexibility index (Phi) is 4.91. The molecule has 0 atom stereocenters. The fourth-order valence-electron chi connectivity index (χ4n) is 3.69. The van der Waals surface area contributed by atoms with Gasteiger partial charge in [-0.1, -0.05) is 24.3 Å². The van der Waals surface area contributed by atoms with Crippen molar-refractivity contribution in [2.75, 3.05) is 5.73 Å². The summed E-state index contributed by atoms with van der Waals surface area (Å²) in [6.07, 6.45) is 0. The highest BCUT2D eigenvalue weighted by Crippen LogP contribution is 2.32. The Morgan fingerprint density at radius 2 is 1.66 bits per heavy atom. The third-order valence-electron chi connectivity index (χ3n) is 5.24. The van der Waals surface area contributed by atoms with Crippen LogP contribution in [0.5, 0.6) is 0 Å². The highest BCUT2D eigenvalue weighted by atomic mass is 32.2. The Labute approximate surface area is 195 Å². The van der Waals surface area contributed by atoms with Crippen LogP contribution in [0.1, 0.15) is 0 Å². The van der Waals surface area contributed by atoms with Crippen molar-refractivity contribution in [3.63, 3.8) is 0 Å². The number of anilines is 1. The lowest BCUT2D eigenvalue weighted by Gasteiger charge is -2.10. The van der Waals surface area contributed by atoms with E-state index < -0.39 is 36.1 Å². The molecule has 2 aliphatic rings. The van der Waals surface area contributed by atoms with Crippen molar-refractivity contribution in [3.8, 4) is 11.5 Å². The summed E-state index contributed by atoms with van der Waals surface area (Å²) in [5, 5.41) is 23.4. The van der Waals surface area contributed by atoms with Gasteiger partial charge in [0.1, 0.15) is 11.2 Å². The predicted octanol–water partition coefficient (Wildman–Crippen LogP) is 3.77. The number of nitrogens with two attached hydrogens (primary N) is 1. The van der Waals surface area contributed by atoms with Gasteiger partial charge in [-0.05, 0) is 18.2 Å². The molecule has 5 rings (SSSR count). The molecule has 0 fully saturated rings. The minimum atomic E-state index is -4.66. The molecule has 0 saturated heterocycles. The number of rotatable bonds is 4. The topological polar surface area (TPSA) is 185 Å². The third-order valence-corrected chi connectivity index (χ3v) is 6.58. The number of hydrogen-bond acceptors (Lipinski definition) is 9. The summed E-state index contributed by atoms with van der Waals surface area (Å²) in [6.45, 7) is 0. The molecule has 12 nitrogen and oxygen atoms in total. The maximum Gasteiger partial charge on any atom is 0.296 e. The van der Waals surface area contributed by atoms with E-state index in [-0.39, 0.29) is 11.1 Å². The highest BCUT2D eigenvalue weighted by Gasteiger charge is 2.28. The molecule has 2 N–H and O–H groups in total. The zero-order chi connectivity index (χ0) is 24.9. The Morgan fingerprint density at radius 1 is 0.914 bits per heavy atom. The van der Waals surface area contributed by atoms with Crippen LogP contribution in [0.4, 0.5) is 17.1 Å². The van der Waals surface area contributed by atoms with Crippen LogP contribution in [-0.2, 0) is 10.0 Å². The summed E-state index contributed by atoms with van der Waals surface area (Å²) >= 11 is 0. The summed E-state index contributed by atoms with van der Waals surface area (Å²) in [4.78, 5) is 24.4. The van der Waals surface area contributed by atoms with Gasteiger partial charge in [0.25, 0.3) is 21.4 Å². The zero-order valence-electron chi connectivity index (χ0n) is 17.5. The molecule has 0 radical (unpaired) electrons. The maximum atomic E-state index is 13.1. The normalized spacial score (nSPS) is 12.4. The summed E-state index contributed by atoms with van der Waals surface area (Å²) in [5.74, 6) is 0.217. The second-order valence-electron chi connectivity index (χ2n) is 7.46. The van der Waals surface area contributed by atoms with Crippen LogP contribution < -0.4 is 11.1 Å². The van der Waals surface area contributed by atoms with Gasteiger partial charge in [-0.25, -0.2) is 4.98 Å². The van der Waals surface area contributed by atoms with Gasteiger partial charge in [0.2, 0.25) is 0 Å². The molecular formula is C22H13N5O7S. The molecule has 174 valence electrons. The highest BCUT2D eigenvalue weighted by molar-refractivity contribution is 7.90. The molecule has 1 aliphatic carbocycles. The fraction of sp³-hybridized carbons (Fsp3) is 0. The minimum absolute atomic E-state index is 0.0467. The number of hydrogen-bond donors (Lipinski definition) is 1. The van der Waals surface area contributed by atoms with Gasteiger partial charge in [-0.15, -0.1) is 0 Å². The van der Waals surface area contributed by atoms with Crippen molar-refractivity contribution in [2.45, 2.75) is 4.90 Å². The van der Waals surface area contributed by atoms with E-state index in [1.165, 1.54) is 6.07 Å². The van der Waals surface area contributed by atoms with Crippen molar-refractivity contribution < 1.29 is 22.7 Å². The van der Waals surface area contributed by atoms with E-state index in [0.29, 0.717) is 39.3 Å². The summed E-state index contributed by atoms with van der Waals surface area (Å²) in [6, 6.07) is 15.3. The first-order valence-electron chi connectivity index (χ1n) is 9.90. The smallest absolute Gasteiger partial charge is 0.296 e. The quantitative estimate of drug-likeness (QED) is 0.128. The van der Waals surface area contributed by atoms with Gasteiger partial charge in [0.05, 0.1) is 21.3 Å². The Hall–Kier alpha value is -4.91. The molecule has 0 aromatic heterocycles. The summed E-state index contributed by atoms with van der Waals surface area (Å²) in [5.41, 5.74) is 6.05. The molecule has 0 amide bonds. The van der Waals surface area contributed by atoms with Crippen LogP contribution in [0.15, 0.2) is 80.4 Å². The number of aromatic nitrogens is 1. The molecular weight excluding hydrogens is 478 g/mol. The van der Waals surface area contributed by atoms with Crippen LogP contribution >= 0.6 is 0 Å². The number of fused-ring (bicyclic) bond motifs is 4. The predicted molar refractivity (Wildman–Crippen MR) is 125 cm³/mol. The molecule has 13 heteroatoms. The van der Waals surface area contributed by atoms with E-state index >= 15 is 0 Å². The van der Waals surface area contributed by atoms with E-state index in [0.717, 1.165) is 12.1 Å². The molecule has 1 heterocycles. The molecule has 0 unspecified atom stereocenters. The molecule has 35 heavy (non-hydrogen) atoms. The van der Waals surface area contributed by atoms with Crippen LogP contribution in [0.3, 0.4) is 0 Å². The number of nitrogens with zero attached hydrogens (tertiary/aromatic N) is 4. The minimum Gasteiger partial charge on any atom is -0.453 e. The van der Waals surface area contributed by atoms with Gasteiger partial charge in [0, 0.05) is 34.7 Å². The Bertz CT molecular complexity index is 1850. The van der Waals surface area contributed by atoms with Gasteiger partial charge < -0.3 is 10.2 Å². The molecule has 0 saturated carbocycles. The molecule has 0 spiro atoms. The SMILES string of the molecule is Nc1ccc2nc3c4ccccc4c(=NS(=O)(=O)c4ccc([N+](=O)[O-])cc4[N+](=O)[O-])cc-3oc2c1. The van der Waals surface area contributed by atoms with Crippen molar-refractivity contribution in [1.29, 1.82) is 0 Å². The average Bonchev–Trinajstić information content (AvgIpc) is 2.82. The lowest BCUT2D eigenvalue weighted by molar-refractivity contribution is -0.396. The molecule has 3 aromatic carbocycles. The zero-order valence-corrected chi connectivity index (χ0v) is 18.3. The lowest BCUT2D eigenvalue weighted by Crippen LogP contribution is -2.12. The Morgan fingerprint density at radius 3 is 2.37 bits per heavy atom. The van der Waals surface area contributed by atoms with Crippen LogP contribution in [0, 0.1) is 20.2 Å². The van der Waals surface area contributed by atoms with Crippen molar-refractivity contribution in [1.82, 2.24) is 4.98 Å². The number of nitrogen functional groups attached to an aromatic ring is 1. The monoisotopic (exact) mass is 491 g/mol. The van der Waals surface area contributed by atoms with E-state index in [1.807, 2.05) is 0 Å². The van der Waals surface area contributed by atoms with Gasteiger partial charge in [-0.2, -0.15) is 12.8 Å². The standard InChI is InChI=1S/C22H13N5O7S/c23-12-5-7-16-19(9-12)34-20-11-17(14-3-1-2-4-15(14)22(20)24-16)25-35(32,33)21-8-6-13(26(28)29)10-18(21)27(30)31/h1-11H,23H2. The van der Waals surface area contributed by atoms with Crippen LogP contribution in [-0.4, -0.2) is 23.2 Å². The number of benzene rings is 4. The van der Waals surface area contributed by atoms with Crippen molar-refractivity contribution in [3.05, 3.63) is 92.3 Å². The van der Waals surface area contributed by atoms with Gasteiger partial charge in [-0.3, -0.25) is 20.2 Å². The molecule has 3 aromatic rings. The summed E-state index contributed by atoms with van der Waals surface area (Å²) in [7, 11) is -4.66. The second-order valence-corrected chi connectivity index (χ2v) is 9.03. The first kappa shape index (κ1) is 21.9. The molecule has 1 aliphatic heterocycles. The first-order valence-corrected chi connectivity index (χ1v) is 11.3. The number of nitro benzene ring substituents is 2. The van der Waals surface area contributed by atoms with Crippen molar-refractivity contribution >= 4 is 49.0 Å². The largest absolute Gasteiger partial charge is 0.453 e. The van der Waals surface area contributed by atoms with Gasteiger partial charge in [0.15, 0.2) is 16.2 Å². The average molecular weight is 491 g/mol. The fourth-order valence-corrected chi connectivity index (χ4v) is 4.83. The van der Waals surface area contributed by atoms with E-state index in [9.17, 15) is 28.6 Å². The number of non-ortho nitro benzene ring substituents is 1. The number of nitro groups is 2. The van der Waals surface area contributed by atoms with Gasteiger partial charge >= 0.3 is 0 Å².